The molecule has 0 aliphatic carbocycles. The SMILES string of the molecule is CCC1COC(Oc2ccccc2)=N1. The molecule has 0 saturated carbocycles. The highest BCUT2D eigenvalue weighted by Crippen LogP contribution is 2.13. The van der Waals surface area contributed by atoms with E-state index in [0.29, 0.717) is 12.7 Å². The molecular formula is C11H13NO2. The van der Waals surface area contributed by atoms with E-state index >= 15 is 0 Å². The minimum atomic E-state index is 0.258. The van der Waals surface area contributed by atoms with Crippen LogP contribution in [0.2, 0.25) is 0 Å². The molecule has 1 aromatic carbocycles. The second-order valence-corrected chi connectivity index (χ2v) is 3.18. The highest BCUT2D eigenvalue weighted by atomic mass is 16.7. The van der Waals surface area contributed by atoms with Crippen LogP contribution in [0.4, 0.5) is 0 Å². The number of para-hydroxylation sites is 1. The van der Waals surface area contributed by atoms with Crippen LogP contribution in [0.15, 0.2) is 35.3 Å². The van der Waals surface area contributed by atoms with Gasteiger partial charge < -0.3 is 9.47 Å². The zero-order valence-corrected chi connectivity index (χ0v) is 8.14. The molecule has 14 heavy (non-hydrogen) atoms. The van der Waals surface area contributed by atoms with E-state index in [1.807, 2.05) is 30.3 Å². The maximum atomic E-state index is 5.44. The first-order valence-corrected chi connectivity index (χ1v) is 4.82. The van der Waals surface area contributed by atoms with Gasteiger partial charge in [-0.05, 0) is 18.6 Å². The van der Waals surface area contributed by atoms with E-state index in [9.17, 15) is 0 Å². The highest BCUT2D eigenvalue weighted by Gasteiger charge is 2.18. The number of rotatable bonds is 2. The van der Waals surface area contributed by atoms with Gasteiger partial charge in [-0.2, -0.15) is 0 Å². The molecule has 0 spiro atoms. The Bertz CT molecular complexity index is 321. The second-order valence-electron chi connectivity index (χ2n) is 3.18. The predicted octanol–water partition coefficient (Wildman–Crippen LogP) is 2.23. The van der Waals surface area contributed by atoms with Crippen molar-refractivity contribution in [1.29, 1.82) is 0 Å². The molecule has 0 bridgehead atoms. The molecule has 0 saturated heterocycles. The van der Waals surface area contributed by atoms with E-state index in [1.54, 1.807) is 0 Å². The van der Waals surface area contributed by atoms with Crippen molar-refractivity contribution in [3.63, 3.8) is 0 Å². The van der Waals surface area contributed by atoms with Gasteiger partial charge in [-0.3, -0.25) is 0 Å². The normalized spacial score (nSPS) is 20.1. The summed E-state index contributed by atoms with van der Waals surface area (Å²) in [5, 5.41) is 0. The van der Waals surface area contributed by atoms with Crippen LogP contribution < -0.4 is 4.74 Å². The highest BCUT2D eigenvalue weighted by molar-refractivity contribution is 5.71. The minimum absolute atomic E-state index is 0.258. The van der Waals surface area contributed by atoms with Gasteiger partial charge in [0, 0.05) is 0 Å². The summed E-state index contributed by atoms with van der Waals surface area (Å²) in [4.78, 5) is 4.27. The molecule has 0 N–H and O–H groups in total. The van der Waals surface area contributed by atoms with Gasteiger partial charge in [-0.1, -0.05) is 25.1 Å². The fraction of sp³-hybridized carbons (Fsp3) is 0.364. The number of aliphatic imine (C=N–C) groups is 1. The van der Waals surface area contributed by atoms with Crippen molar-refractivity contribution in [2.75, 3.05) is 6.61 Å². The molecule has 1 unspecified atom stereocenters. The summed E-state index contributed by atoms with van der Waals surface area (Å²) in [6.45, 7) is 2.72. The van der Waals surface area contributed by atoms with E-state index in [2.05, 4.69) is 11.9 Å². The lowest BCUT2D eigenvalue weighted by Gasteiger charge is -2.02. The molecule has 2 rings (SSSR count). The zero-order valence-electron chi connectivity index (χ0n) is 8.14. The van der Waals surface area contributed by atoms with E-state index in [1.165, 1.54) is 0 Å². The Balaban J connectivity index is 1.99. The first kappa shape index (κ1) is 9.06. The second kappa shape index (κ2) is 4.13. The third-order valence-electron chi connectivity index (χ3n) is 2.11. The molecular weight excluding hydrogens is 178 g/mol. The molecule has 3 nitrogen and oxygen atoms in total. The van der Waals surface area contributed by atoms with Gasteiger partial charge in [0.25, 0.3) is 0 Å². The maximum absolute atomic E-state index is 5.44. The Labute approximate surface area is 83.4 Å². The van der Waals surface area contributed by atoms with Crippen LogP contribution in [-0.2, 0) is 4.74 Å². The quantitative estimate of drug-likeness (QED) is 0.717. The molecule has 0 fully saturated rings. The fourth-order valence-electron chi connectivity index (χ4n) is 1.25. The van der Waals surface area contributed by atoms with Crippen LogP contribution in [0, 0.1) is 0 Å². The standard InChI is InChI=1S/C11H13NO2/c1-2-9-8-13-11(12-9)14-10-6-4-3-5-7-10/h3-7,9H,2,8H2,1H3. The molecule has 1 heterocycles. The lowest BCUT2D eigenvalue weighted by Crippen LogP contribution is -2.08. The first-order valence-electron chi connectivity index (χ1n) is 4.82. The average molecular weight is 191 g/mol. The number of hydrogen-bond donors (Lipinski definition) is 0. The van der Waals surface area contributed by atoms with Crippen LogP contribution >= 0.6 is 0 Å². The largest absolute Gasteiger partial charge is 0.448 e. The molecule has 3 heteroatoms. The zero-order chi connectivity index (χ0) is 9.80. The maximum Gasteiger partial charge on any atom is 0.389 e. The lowest BCUT2D eigenvalue weighted by atomic mass is 10.3. The predicted molar refractivity (Wildman–Crippen MR) is 54.5 cm³/mol. The van der Waals surface area contributed by atoms with Crippen LogP contribution in [0.5, 0.6) is 5.75 Å². The van der Waals surface area contributed by atoms with Gasteiger partial charge in [-0.15, -0.1) is 0 Å². The van der Waals surface area contributed by atoms with E-state index in [4.69, 9.17) is 9.47 Å². The van der Waals surface area contributed by atoms with Gasteiger partial charge in [0.15, 0.2) is 0 Å². The molecule has 0 aromatic heterocycles. The van der Waals surface area contributed by atoms with E-state index in [0.717, 1.165) is 12.2 Å². The van der Waals surface area contributed by atoms with Crippen LogP contribution in [0.25, 0.3) is 0 Å². The lowest BCUT2D eigenvalue weighted by molar-refractivity contribution is 0.257. The van der Waals surface area contributed by atoms with E-state index in [-0.39, 0.29) is 6.04 Å². The summed E-state index contributed by atoms with van der Waals surface area (Å²) in [5.41, 5.74) is 0. The smallest absolute Gasteiger partial charge is 0.389 e. The van der Waals surface area contributed by atoms with Crippen LogP contribution in [0.1, 0.15) is 13.3 Å². The van der Waals surface area contributed by atoms with Gasteiger partial charge in [0.2, 0.25) is 0 Å². The van der Waals surface area contributed by atoms with Crippen molar-refractivity contribution in [2.45, 2.75) is 19.4 Å². The van der Waals surface area contributed by atoms with Crippen LogP contribution in [-0.4, -0.2) is 18.7 Å². The van der Waals surface area contributed by atoms with Crippen molar-refractivity contribution < 1.29 is 9.47 Å². The van der Waals surface area contributed by atoms with E-state index < -0.39 is 0 Å². The number of hydrogen-bond acceptors (Lipinski definition) is 3. The van der Waals surface area contributed by atoms with Gasteiger partial charge >= 0.3 is 6.08 Å². The topological polar surface area (TPSA) is 30.8 Å². The van der Waals surface area contributed by atoms with Gasteiger partial charge in [0.1, 0.15) is 12.4 Å². The molecule has 1 aromatic rings. The number of nitrogens with zero attached hydrogens (tertiary/aromatic N) is 1. The molecule has 0 radical (unpaired) electrons. The summed E-state index contributed by atoms with van der Waals surface area (Å²) in [5.74, 6) is 0.767. The fourth-order valence-corrected chi connectivity index (χ4v) is 1.25. The number of ether oxygens (including phenoxy) is 2. The van der Waals surface area contributed by atoms with Crippen LogP contribution in [0.3, 0.4) is 0 Å². The monoisotopic (exact) mass is 191 g/mol. The Kier molecular flexibility index (Phi) is 2.68. The summed E-state index contributed by atoms with van der Waals surface area (Å²) in [6.07, 6.45) is 1.38. The van der Waals surface area contributed by atoms with Crippen molar-refractivity contribution in [2.24, 2.45) is 4.99 Å². The van der Waals surface area contributed by atoms with Gasteiger partial charge in [0.05, 0.1) is 6.04 Å². The Morgan fingerprint density at radius 2 is 2.21 bits per heavy atom. The third kappa shape index (κ3) is 2.05. The van der Waals surface area contributed by atoms with Crippen molar-refractivity contribution in [3.8, 4) is 5.75 Å². The van der Waals surface area contributed by atoms with Crippen molar-refractivity contribution >= 4 is 6.08 Å². The molecule has 1 aliphatic rings. The van der Waals surface area contributed by atoms with Crippen molar-refractivity contribution in [1.82, 2.24) is 0 Å². The Morgan fingerprint density at radius 3 is 2.86 bits per heavy atom. The Hall–Kier alpha value is -1.51. The molecule has 1 atom stereocenters. The minimum Gasteiger partial charge on any atom is -0.448 e. The van der Waals surface area contributed by atoms with Crippen molar-refractivity contribution in [3.05, 3.63) is 30.3 Å². The third-order valence-corrected chi connectivity index (χ3v) is 2.11. The summed E-state index contributed by atoms with van der Waals surface area (Å²) >= 11 is 0. The Morgan fingerprint density at radius 1 is 1.43 bits per heavy atom. The first-order chi connectivity index (χ1) is 6.88. The summed E-state index contributed by atoms with van der Waals surface area (Å²) in [6, 6.07) is 9.80. The average Bonchev–Trinajstić information content (AvgIpc) is 2.67. The summed E-state index contributed by atoms with van der Waals surface area (Å²) in [7, 11) is 0. The molecule has 0 amide bonds. The molecule has 1 aliphatic heterocycles. The molecule has 74 valence electrons. The number of benzene rings is 1. The summed E-state index contributed by atoms with van der Waals surface area (Å²) < 4.78 is 10.7. The van der Waals surface area contributed by atoms with Gasteiger partial charge in [-0.25, -0.2) is 4.99 Å².